The molecule has 0 atom stereocenters. The number of aliphatic imine (C=N–C) groups is 1. The number of sulfonamides is 1. The van der Waals surface area contributed by atoms with E-state index in [1.807, 2.05) is 0 Å². The fraction of sp³-hybridized carbons (Fsp3) is 0.269. The molecule has 0 unspecified atom stereocenters. The number of halogens is 2. The Hall–Kier alpha value is -4.15. The number of benzene rings is 1. The number of methoxy groups -OCH3 is 2. The van der Waals surface area contributed by atoms with E-state index in [0.717, 1.165) is 23.9 Å². The molecule has 0 saturated heterocycles. The van der Waals surface area contributed by atoms with Crippen LogP contribution in [0.1, 0.15) is 19.5 Å². The summed E-state index contributed by atoms with van der Waals surface area (Å²) in [5, 5.41) is 8.74. The van der Waals surface area contributed by atoms with E-state index < -0.39 is 28.8 Å². The molecule has 0 spiro atoms. The first kappa shape index (κ1) is 34.1. The number of anilines is 1. The summed E-state index contributed by atoms with van der Waals surface area (Å²) in [6.07, 6.45) is 2.82. The molecule has 2 aromatic rings. The van der Waals surface area contributed by atoms with E-state index in [0.29, 0.717) is 17.2 Å². The van der Waals surface area contributed by atoms with Gasteiger partial charge in [-0.25, -0.2) is 23.9 Å². The van der Waals surface area contributed by atoms with Gasteiger partial charge in [-0.05, 0) is 44.2 Å². The Labute approximate surface area is 246 Å². The van der Waals surface area contributed by atoms with Crippen molar-refractivity contribution in [1.29, 1.82) is 0 Å². The van der Waals surface area contributed by atoms with Crippen molar-refractivity contribution >= 4 is 44.7 Å². The molecule has 0 aliphatic carbocycles. The maximum Gasteiger partial charge on any atom is 0.466 e. The van der Waals surface area contributed by atoms with Crippen molar-refractivity contribution in [3.05, 3.63) is 71.1 Å². The Morgan fingerprint density at radius 1 is 1.24 bits per heavy atom. The normalized spacial score (nSPS) is 12.9. The van der Waals surface area contributed by atoms with Crippen LogP contribution >= 0.6 is 11.8 Å². The number of nitrogens with two attached hydrogens (primary N) is 1. The van der Waals surface area contributed by atoms with Crippen LogP contribution in [0.2, 0.25) is 0 Å². The van der Waals surface area contributed by atoms with Crippen molar-refractivity contribution in [3.63, 3.8) is 0 Å². The molecule has 2 rings (SSSR count). The highest BCUT2D eigenvalue weighted by Gasteiger charge is 2.25. The standard InChI is InChI=1S/C26H30F2N4O8S2/c1-5-6-19(9-7-17(2)39-14-24(33)34)42(35,36)32-20-10-8-18(40-26(27,28)29)13-21(20)31-16-41-15-22-25(38-4)23(37-3)11-12-30-22/h5-13,16,32H,14-15,29H2,1-4H3,(H,33,34)/b6-5-,17-7+,19-9+,31-16?. The van der Waals surface area contributed by atoms with Crippen LogP contribution in [-0.4, -0.2) is 57.1 Å². The van der Waals surface area contributed by atoms with Gasteiger partial charge in [-0.15, -0.1) is 20.5 Å². The van der Waals surface area contributed by atoms with Crippen molar-refractivity contribution in [1.82, 2.24) is 4.98 Å². The van der Waals surface area contributed by atoms with E-state index in [1.165, 1.54) is 57.1 Å². The summed E-state index contributed by atoms with van der Waals surface area (Å²) in [6, 6.07) is 5.00. The number of thioether (sulfide) groups is 1. The lowest BCUT2D eigenvalue weighted by Gasteiger charge is -2.15. The molecular weight excluding hydrogens is 598 g/mol. The topological polar surface area (TPSA) is 172 Å². The highest BCUT2D eigenvalue weighted by Crippen LogP contribution is 2.34. The number of aliphatic carboxylic acids is 1. The summed E-state index contributed by atoms with van der Waals surface area (Å²) in [5.41, 5.74) is 6.46. The molecule has 228 valence electrons. The zero-order valence-electron chi connectivity index (χ0n) is 23.0. The lowest BCUT2D eigenvalue weighted by atomic mass is 10.2. The Kier molecular flexibility index (Phi) is 12.8. The third-order valence-corrected chi connectivity index (χ3v) is 6.94. The minimum atomic E-state index is -4.25. The van der Waals surface area contributed by atoms with Crippen LogP contribution in [0, 0.1) is 0 Å². The molecule has 0 bridgehead atoms. The maximum absolute atomic E-state index is 13.3. The molecule has 42 heavy (non-hydrogen) atoms. The smallest absolute Gasteiger partial charge is 0.466 e. The average Bonchev–Trinajstić information content (AvgIpc) is 2.92. The minimum Gasteiger partial charge on any atom is -0.493 e. The summed E-state index contributed by atoms with van der Waals surface area (Å²) in [7, 11) is -1.30. The zero-order chi connectivity index (χ0) is 31.3. The molecule has 0 aliphatic rings. The van der Waals surface area contributed by atoms with Crippen LogP contribution in [-0.2, 0) is 25.3 Å². The van der Waals surface area contributed by atoms with Crippen molar-refractivity contribution in [3.8, 4) is 17.2 Å². The molecule has 0 fully saturated rings. The summed E-state index contributed by atoms with van der Waals surface area (Å²) >= 11 is 1.16. The largest absolute Gasteiger partial charge is 0.493 e. The quantitative estimate of drug-likeness (QED) is 0.0583. The monoisotopic (exact) mass is 628 g/mol. The van der Waals surface area contributed by atoms with Gasteiger partial charge in [-0.3, -0.25) is 9.71 Å². The SMILES string of the molecule is C\C=C/C(=C\C=C(/C)OCC(=O)O)S(=O)(=O)Nc1ccc(OC(N)(F)F)cc1N=CSCc1nccc(OC)c1OC. The molecule has 0 saturated carbocycles. The minimum absolute atomic E-state index is 0.0603. The predicted octanol–water partition coefficient (Wildman–Crippen LogP) is 4.79. The number of rotatable bonds is 16. The molecule has 1 aromatic heterocycles. The van der Waals surface area contributed by atoms with Crippen LogP contribution in [0.3, 0.4) is 0 Å². The number of hydrogen-bond donors (Lipinski definition) is 3. The van der Waals surface area contributed by atoms with Crippen LogP contribution in [0.25, 0.3) is 0 Å². The molecular formula is C26H30F2N4O8S2. The molecule has 0 aliphatic heterocycles. The molecule has 1 heterocycles. The van der Waals surface area contributed by atoms with Crippen molar-refractivity contribution < 1.29 is 46.0 Å². The first-order chi connectivity index (χ1) is 19.8. The average molecular weight is 629 g/mol. The second-order valence-electron chi connectivity index (χ2n) is 8.02. The van der Waals surface area contributed by atoms with Gasteiger partial charge in [0.15, 0.2) is 18.1 Å². The molecule has 0 amide bonds. The number of nitrogens with zero attached hydrogens (tertiary/aromatic N) is 2. The molecule has 1 aromatic carbocycles. The van der Waals surface area contributed by atoms with Gasteiger partial charge in [0.1, 0.15) is 5.75 Å². The summed E-state index contributed by atoms with van der Waals surface area (Å²) in [6.45, 7) is 2.45. The fourth-order valence-electron chi connectivity index (χ4n) is 3.11. The number of carboxylic acids is 1. The third-order valence-electron chi connectivity index (χ3n) is 4.87. The fourth-order valence-corrected chi connectivity index (χ4v) is 4.88. The number of pyridine rings is 1. The van der Waals surface area contributed by atoms with Gasteiger partial charge in [0.05, 0.1) is 47.5 Å². The number of carboxylic acid groups (broad SMARTS) is 1. The number of allylic oxidation sites excluding steroid dienone is 5. The number of carbonyl (C=O) groups is 1. The van der Waals surface area contributed by atoms with Crippen LogP contribution in [0.4, 0.5) is 20.2 Å². The van der Waals surface area contributed by atoms with Gasteiger partial charge in [0, 0.05) is 24.1 Å². The Bertz CT molecular complexity index is 1470. The summed E-state index contributed by atoms with van der Waals surface area (Å²) in [5.74, 6) is -0.213. The van der Waals surface area contributed by atoms with Gasteiger partial charge in [0.2, 0.25) is 0 Å². The Morgan fingerprint density at radius 3 is 2.60 bits per heavy atom. The van der Waals surface area contributed by atoms with E-state index in [-0.39, 0.29) is 33.5 Å². The van der Waals surface area contributed by atoms with Gasteiger partial charge in [0.25, 0.3) is 10.0 Å². The first-order valence-corrected chi connectivity index (χ1v) is 14.4. The van der Waals surface area contributed by atoms with E-state index in [2.05, 4.69) is 25.2 Å². The molecule has 4 N–H and O–H groups in total. The predicted molar refractivity (Wildman–Crippen MR) is 156 cm³/mol. The van der Waals surface area contributed by atoms with Crippen molar-refractivity contribution in [2.45, 2.75) is 25.8 Å². The Balaban J connectivity index is 2.39. The van der Waals surface area contributed by atoms with Crippen molar-refractivity contribution in [2.24, 2.45) is 10.7 Å². The Morgan fingerprint density at radius 2 is 1.98 bits per heavy atom. The summed E-state index contributed by atoms with van der Waals surface area (Å²) in [4.78, 5) is 19.0. The number of aromatic nitrogens is 1. The van der Waals surface area contributed by atoms with Crippen LogP contribution in [0.5, 0.6) is 17.2 Å². The van der Waals surface area contributed by atoms with Crippen LogP contribution in [0.15, 0.2) is 70.4 Å². The number of hydrogen-bond acceptors (Lipinski definition) is 11. The lowest BCUT2D eigenvalue weighted by Crippen LogP contribution is -2.35. The van der Waals surface area contributed by atoms with E-state index in [4.69, 9.17) is 19.3 Å². The van der Waals surface area contributed by atoms with Gasteiger partial charge in [-0.1, -0.05) is 6.08 Å². The lowest BCUT2D eigenvalue weighted by molar-refractivity contribution is -0.170. The summed E-state index contributed by atoms with van der Waals surface area (Å²) < 4.78 is 75.4. The molecule has 12 nitrogen and oxygen atoms in total. The molecule has 0 radical (unpaired) electrons. The van der Waals surface area contributed by atoms with E-state index >= 15 is 0 Å². The molecule has 16 heteroatoms. The highest BCUT2D eigenvalue weighted by molar-refractivity contribution is 8.11. The number of nitrogens with one attached hydrogen (secondary N) is 1. The zero-order valence-corrected chi connectivity index (χ0v) is 24.7. The van der Waals surface area contributed by atoms with Gasteiger partial charge < -0.3 is 24.1 Å². The second-order valence-corrected chi connectivity index (χ2v) is 10.5. The van der Waals surface area contributed by atoms with Gasteiger partial charge in [-0.2, -0.15) is 0 Å². The van der Waals surface area contributed by atoms with E-state index in [1.54, 1.807) is 19.2 Å². The highest BCUT2D eigenvalue weighted by atomic mass is 32.2. The second kappa shape index (κ2) is 15.7. The van der Waals surface area contributed by atoms with Gasteiger partial charge >= 0.3 is 12.2 Å². The number of ether oxygens (including phenoxy) is 4. The van der Waals surface area contributed by atoms with Crippen LogP contribution < -0.4 is 24.7 Å². The maximum atomic E-state index is 13.3. The third kappa shape index (κ3) is 11.0. The first-order valence-electron chi connectivity index (χ1n) is 11.9. The van der Waals surface area contributed by atoms with Crippen molar-refractivity contribution in [2.75, 3.05) is 25.5 Å². The van der Waals surface area contributed by atoms with E-state index in [9.17, 15) is 22.0 Å². The number of alkyl halides is 2.